The average Bonchev–Trinajstić information content (AvgIpc) is 2.20. The van der Waals surface area contributed by atoms with Crippen LogP contribution < -0.4 is 16.2 Å². The summed E-state index contributed by atoms with van der Waals surface area (Å²) in [6.45, 7) is 1.59. The molecule has 4 N–H and O–H groups in total. The van der Waals surface area contributed by atoms with Gasteiger partial charge in [-0.3, -0.25) is 4.79 Å². The van der Waals surface area contributed by atoms with Crippen LogP contribution in [-0.4, -0.2) is 18.3 Å². The van der Waals surface area contributed by atoms with E-state index in [4.69, 9.17) is 27.8 Å². The molecule has 0 fully saturated rings. The van der Waals surface area contributed by atoms with Gasteiger partial charge in [-0.25, -0.2) is 0 Å². The van der Waals surface area contributed by atoms with Gasteiger partial charge in [-0.05, 0) is 19.1 Å². The van der Waals surface area contributed by atoms with E-state index in [1.54, 1.807) is 19.1 Å². The third-order valence-corrected chi connectivity index (χ3v) is 2.26. The van der Waals surface area contributed by atoms with Gasteiger partial charge in [0.05, 0.1) is 29.4 Å². The van der Waals surface area contributed by atoms with Crippen LogP contribution in [0.1, 0.15) is 17.3 Å². The number of anilines is 2. The van der Waals surface area contributed by atoms with Crippen molar-refractivity contribution in [2.75, 3.05) is 18.6 Å². The van der Waals surface area contributed by atoms with Crippen LogP contribution in [0.4, 0.5) is 11.4 Å². The third kappa shape index (κ3) is 2.15. The molecule has 0 heterocycles. The van der Waals surface area contributed by atoms with Gasteiger partial charge in [0.25, 0.3) is 0 Å². The minimum Gasteiger partial charge on any atom is -0.494 e. The lowest BCUT2D eigenvalue weighted by Crippen LogP contribution is -2.13. The molecule has 0 saturated heterocycles. The van der Waals surface area contributed by atoms with Crippen molar-refractivity contribution in [2.24, 2.45) is 0 Å². The van der Waals surface area contributed by atoms with Crippen molar-refractivity contribution in [1.29, 1.82) is 0 Å². The molecule has 0 saturated carbocycles. The number of nitrogen functional groups attached to an aromatic ring is 2. The van der Waals surface area contributed by atoms with E-state index < -0.39 is 5.38 Å². The molecular formula is C10H13ClN2O2. The molecule has 5 heteroatoms. The predicted octanol–water partition coefficient (Wildman–Crippen LogP) is 1.67. The van der Waals surface area contributed by atoms with E-state index in [9.17, 15) is 4.79 Å². The van der Waals surface area contributed by atoms with Gasteiger partial charge >= 0.3 is 0 Å². The van der Waals surface area contributed by atoms with E-state index in [1.807, 2.05) is 0 Å². The van der Waals surface area contributed by atoms with Crippen molar-refractivity contribution in [3.63, 3.8) is 0 Å². The van der Waals surface area contributed by atoms with Crippen molar-refractivity contribution in [3.8, 4) is 5.75 Å². The van der Waals surface area contributed by atoms with E-state index in [0.717, 1.165) is 0 Å². The maximum Gasteiger partial charge on any atom is 0.184 e. The molecule has 15 heavy (non-hydrogen) atoms. The summed E-state index contributed by atoms with van der Waals surface area (Å²) in [4.78, 5) is 11.7. The highest BCUT2D eigenvalue weighted by molar-refractivity contribution is 6.34. The number of carbonyl (C=O) groups is 1. The van der Waals surface area contributed by atoms with E-state index in [1.165, 1.54) is 7.11 Å². The van der Waals surface area contributed by atoms with E-state index >= 15 is 0 Å². The summed E-state index contributed by atoms with van der Waals surface area (Å²) in [6, 6.07) is 3.12. The molecule has 1 aromatic carbocycles. The van der Waals surface area contributed by atoms with Crippen LogP contribution in [0.25, 0.3) is 0 Å². The van der Waals surface area contributed by atoms with Gasteiger partial charge in [-0.2, -0.15) is 0 Å². The first-order chi connectivity index (χ1) is 6.99. The van der Waals surface area contributed by atoms with Gasteiger partial charge in [0, 0.05) is 0 Å². The number of benzene rings is 1. The SMILES string of the molecule is COc1c(C(=O)C(C)Cl)ccc(N)c1N. The Kier molecular flexibility index (Phi) is 3.42. The Labute approximate surface area is 93.1 Å². The standard InChI is InChI=1S/C10H13ClN2O2/c1-5(11)9(14)6-3-4-7(12)8(13)10(6)15-2/h3-5H,12-13H2,1-2H3. The minimum absolute atomic E-state index is 0.236. The van der Waals surface area contributed by atoms with Crippen LogP contribution in [0, 0.1) is 0 Å². The molecule has 0 spiro atoms. The number of hydrogen-bond acceptors (Lipinski definition) is 4. The Balaban J connectivity index is 3.31. The second-order valence-corrected chi connectivity index (χ2v) is 3.78. The molecular weight excluding hydrogens is 216 g/mol. The van der Waals surface area contributed by atoms with Crippen molar-refractivity contribution in [1.82, 2.24) is 0 Å². The summed E-state index contributed by atoms with van der Waals surface area (Å²) in [6.07, 6.45) is 0. The van der Waals surface area contributed by atoms with Gasteiger partial charge in [-0.1, -0.05) is 0 Å². The van der Waals surface area contributed by atoms with Crippen molar-refractivity contribution in [2.45, 2.75) is 12.3 Å². The van der Waals surface area contributed by atoms with E-state index in [-0.39, 0.29) is 17.2 Å². The number of rotatable bonds is 3. The Hall–Kier alpha value is -1.42. The van der Waals surface area contributed by atoms with Crippen LogP contribution >= 0.6 is 11.6 Å². The summed E-state index contributed by atoms with van der Waals surface area (Å²) >= 11 is 5.71. The molecule has 0 amide bonds. The summed E-state index contributed by atoms with van der Waals surface area (Å²) in [7, 11) is 1.43. The molecule has 1 unspecified atom stereocenters. The Morgan fingerprint density at radius 1 is 1.47 bits per heavy atom. The molecule has 82 valence electrons. The summed E-state index contributed by atoms with van der Waals surface area (Å²) in [5, 5.41) is -0.623. The van der Waals surface area contributed by atoms with Crippen molar-refractivity contribution >= 4 is 28.8 Å². The quantitative estimate of drug-likeness (QED) is 0.469. The highest BCUT2D eigenvalue weighted by Gasteiger charge is 2.19. The number of ether oxygens (including phenoxy) is 1. The first kappa shape index (κ1) is 11.7. The summed E-state index contributed by atoms with van der Waals surface area (Å²) in [5.41, 5.74) is 12.3. The number of ketones is 1. The van der Waals surface area contributed by atoms with E-state index in [2.05, 4.69) is 0 Å². The zero-order chi connectivity index (χ0) is 11.6. The zero-order valence-electron chi connectivity index (χ0n) is 8.58. The van der Waals surface area contributed by atoms with Crippen LogP contribution in [0.5, 0.6) is 5.75 Å². The molecule has 0 bridgehead atoms. The van der Waals surface area contributed by atoms with Crippen LogP contribution in [0.15, 0.2) is 12.1 Å². The number of halogens is 1. The fourth-order valence-corrected chi connectivity index (χ4v) is 1.36. The molecule has 0 aliphatic rings. The predicted molar refractivity (Wildman–Crippen MR) is 61.5 cm³/mol. The second-order valence-electron chi connectivity index (χ2n) is 3.13. The fraction of sp³-hybridized carbons (Fsp3) is 0.300. The lowest BCUT2D eigenvalue weighted by molar-refractivity contribution is 0.0989. The molecule has 4 nitrogen and oxygen atoms in total. The number of hydrogen-bond donors (Lipinski definition) is 2. The maximum absolute atomic E-state index is 11.7. The highest BCUT2D eigenvalue weighted by atomic mass is 35.5. The van der Waals surface area contributed by atoms with Gasteiger partial charge in [-0.15, -0.1) is 11.6 Å². The number of Topliss-reactive ketones (excluding diaryl/α,β-unsaturated/α-hetero) is 1. The maximum atomic E-state index is 11.7. The van der Waals surface area contributed by atoms with Crippen LogP contribution in [-0.2, 0) is 0 Å². The lowest BCUT2D eigenvalue weighted by atomic mass is 10.1. The van der Waals surface area contributed by atoms with Gasteiger partial charge in [0.2, 0.25) is 0 Å². The Morgan fingerprint density at radius 2 is 2.07 bits per heavy atom. The molecule has 1 rings (SSSR count). The van der Waals surface area contributed by atoms with Gasteiger partial charge in [0.15, 0.2) is 11.5 Å². The van der Waals surface area contributed by atoms with Gasteiger partial charge < -0.3 is 16.2 Å². The van der Waals surface area contributed by atoms with Crippen molar-refractivity contribution in [3.05, 3.63) is 17.7 Å². The molecule has 0 radical (unpaired) electrons. The first-order valence-corrected chi connectivity index (χ1v) is 4.83. The molecule has 0 aliphatic heterocycles. The third-order valence-electron chi connectivity index (χ3n) is 2.06. The van der Waals surface area contributed by atoms with Crippen LogP contribution in [0.2, 0.25) is 0 Å². The summed E-state index contributed by atoms with van der Waals surface area (Å²) < 4.78 is 5.04. The Bertz CT molecular complexity index is 391. The first-order valence-electron chi connectivity index (χ1n) is 4.39. The Morgan fingerprint density at radius 3 is 2.53 bits per heavy atom. The highest BCUT2D eigenvalue weighted by Crippen LogP contribution is 2.32. The van der Waals surface area contributed by atoms with E-state index in [0.29, 0.717) is 11.3 Å². The van der Waals surface area contributed by atoms with Crippen molar-refractivity contribution < 1.29 is 9.53 Å². The monoisotopic (exact) mass is 228 g/mol. The number of alkyl halides is 1. The lowest BCUT2D eigenvalue weighted by Gasteiger charge is -2.12. The van der Waals surface area contributed by atoms with Gasteiger partial charge in [0.1, 0.15) is 0 Å². The number of methoxy groups -OCH3 is 1. The summed E-state index contributed by atoms with van der Waals surface area (Å²) in [5.74, 6) is 0.0488. The zero-order valence-corrected chi connectivity index (χ0v) is 9.34. The smallest absolute Gasteiger partial charge is 0.184 e. The van der Waals surface area contributed by atoms with Crippen LogP contribution in [0.3, 0.4) is 0 Å². The molecule has 1 aromatic rings. The topological polar surface area (TPSA) is 78.3 Å². The average molecular weight is 229 g/mol. The second kappa shape index (κ2) is 4.40. The number of nitrogens with two attached hydrogens (primary N) is 2. The molecule has 0 aliphatic carbocycles. The largest absolute Gasteiger partial charge is 0.494 e. The molecule has 0 aromatic heterocycles. The molecule has 1 atom stereocenters. The fourth-order valence-electron chi connectivity index (χ4n) is 1.24. The minimum atomic E-state index is -0.623. The number of carbonyl (C=O) groups excluding carboxylic acids is 1. The normalized spacial score (nSPS) is 12.2.